The molecule has 1 amide bonds. The van der Waals surface area contributed by atoms with E-state index in [4.69, 9.17) is 5.11 Å². The number of aliphatic hydroxyl groups is 1. The first-order valence-electron chi connectivity index (χ1n) is 5.36. The van der Waals surface area contributed by atoms with E-state index in [2.05, 4.69) is 0 Å². The molecule has 2 aliphatic rings. The fourth-order valence-corrected chi connectivity index (χ4v) is 3.15. The molecule has 0 radical (unpaired) electrons. The molecule has 1 aliphatic carbocycles. The molecule has 0 bridgehead atoms. The van der Waals surface area contributed by atoms with Crippen LogP contribution in [0, 0.1) is 0 Å². The van der Waals surface area contributed by atoms with E-state index in [1.807, 2.05) is 4.90 Å². The Morgan fingerprint density at radius 2 is 2.21 bits per heavy atom. The first-order chi connectivity index (χ1) is 6.83. The number of rotatable bonds is 4. The molecule has 0 spiro atoms. The minimum atomic E-state index is 0.0969. The summed E-state index contributed by atoms with van der Waals surface area (Å²) >= 11 is 1.78. The summed E-state index contributed by atoms with van der Waals surface area (Å²) in [6.07, 6.45) is 4.45. The summed E-state index contributed by atoms with van der Waals surface area (Å²) in [6.45, 7) is 0.625. The molecule has 1 unspecified atom stereocenters. The summed E-state index contributed by atoms with van der Waals surface area (Å²) in [4.78, 5) is 13.9. The highest BCUT2D eigenvalue weighted by atomic mass is 32.2. The standard InChI is InChI=1S/C10H17NO2S/c12-6-5-11(8-3-4-8)10(13)9-2-1-7-14-9/h8-9,12H,1-7H2. The van der Waals surface area contributed by atoms with Crippen molar-refractivity contribution in [3.05, 3.63) is 0 Å². The predicted octanol–water partition coefficient (Wildman–Crippen LogP) is 0.865. The lowest BCUT2D eigenvalue weighted by atomic mass is 10.2. The normalized spacial score (nSPS) is 26.5. The molecule has 1 atom stereocenters. The quantitative estimate of drug-likeness (QED) is 0.756. The van der Waals surface area contributed by atoms with Crippen molar-refractivity contribution < 1.29 is 9.90 Å². The first kappa shape index (κ1) is 10.3. The number of nitrogens with zero attached hydrogens (tertiary/aromatic N) is 1. The molecule has 0 aromatic carbocycles. The van der Waals surface area contributed by atoms with Gasteiger partial charge < -0.3 is 10.0 Å². The van der Waals surface area contributed by atoms with Gasteiger partial charge >= 0.3 is 0 Å². The van der Waals surface area contributed by atoms with Crippen LogP contribution in [-0.2, 0) is 4.79 Å². The summed E-state index contributed by atoms with van der Waals surface area (Å²) in [6, 6.07) is 0.441. The zero-order chi connectivity index (χ0) is 9.97. The predicted molar refractivity (Wildman–Crippen MR) is 57.3 cm³/mol. The molecule has 1 saturated heterocycles. The summed E-state index contributed by atoms with van der Waals surface area (Å²) in [5.41, 5.74) is 0. The number of aliphatic hydroxyl groups excluding tert-OH is 1. The van der Waals surface area contributed by atoms with Crippen LogP contribution in [0.5, 0.6) is 0 Å². The second-order valence-corrected chi connectivity index (χ2v) is 5.30. The molecule has 2 rings (SSSR count). The van der Waals surface area contributed by atoms with E-state index in [1.54, 1.807) is 11.8 Å². The van der Waals surface area contributed by atoms with Crippen LogP contribution in [0.25, 0.3) is 0 Å². The molecule has 14 heavy (non-hydrogen) atoms. The first-order valence-corrected chi connectivity index (χ1v) is 6.40. The van der Waals surface area contributed by atoms with Gasteiger partial charge in [0.1, 0.15) is 0 Å². The highest BCUT2D eigenvalue weighted by Gasteiger charge is 2.36. The molecule has 1 aliphatic heterocycles. The van der Waals surface area contributed by atoms with Gasteiger partial charge in [0.2, 0.25) is 5.91 Å². The Morgan fingerprint density at radius 1 is 1.43 bits per heavy atom. The lowest BCUT2D eigenvalue weighted by Crippen LogP contribution is -2.40. The van der Waals surface area contributed by atoms with E-state index in [-0.39, 0.29) is 17.8 Å². The highest BCUT2D eigenvalue weighted by molar-refractivity contribution is 8.00. The van der Waals surface area contributed by atoms with Gasteiger partial charge in [-0.25, -0.2) is 0 Å². The number of hydrogen-bond donors (Lipinski definition) is 1. The van der Waals surface area contributed by atoms with Crippen molar-refractivity contribution in [3.8, 4) is 0 Å². The molecule has 3 nitrogen and oxygen atoms in total. The second kappa shape index (κ2) is 4.53. The van der Waals surface area contributed by atoms with Crippen molar-refractivity contribution in [2.75, 3.05) is 18.9 Å². The molecule has 0 aromatic rings. The molecular weight excluding hydrogens is 198 g/mol. The minimum Gasteiger partial charge on any atom is -0.395 e. The maximum Gasteiger partial charge on any atom is 0.236 e. The Morgan fingerprint density at radius 3 is 2.71 bits per heavy atom. The fourth-order valence-electron chi connectivity index (χ4n) is 1.92. The van der Waals surface area contributed by atoms with Gasteiger partial charge in [-0.3, -0.25) is 4.79 Å². The Labute approximate surface area is 88.9 Å². The average Bonchev–Trinajstić information content (AvgIpc) is 2.88. The maximum atomic E-state index is 12.0. The number of carbonyl (C=O) groups excluding carboxylic acids is 1. The molecule has 1 saturated carbocycles. The summed E-state index contributed by atoms with van der Waals surface area (Å²) in [5.74, 6) is 1.39. The van der Waals surface area contributed by atoms with Gasteiger partial charge in [0, 0.05) is 12.6 Å². The van der Waals surface area contributed by atoms with Gasteiger partial charge in [-0.05, 0) is 31.4 Å². The van der Waals surface area contributed by atoms with E-state index in [1.165, 1.54) is 6.42 Å². The van der Waals surface area contributed by atoms with Crippen LogP contribution in [0.4, 0.5) is 0 Å². The molecule has 4 heteroatoms. The Balaban J connectivity index is 1.91. The van der Waals surface area contributed by atoms with Crippen molar-refractivity contribution >= 4 is 17.7 Å². The molecule has 0 aromatic heterocycles. The molecular formula is C10H17NO2S. The molecule has 80 valence electrons. The topological polar surface area (TPSA) is 40.5 Å². The smallest absolute Gasteiger partial charge is 0.236 e. The SMILES string of the molecule is O=C(C1CCCS1)N(CCO)C1CC1. The van der Waals surface area contributed by atoms with E-state index in [9.17, 15) is 4.79 Å². The van der Waals surface area contributed by atoms with Crippen LogP contribution in [-0.4, -0.2) is 46.1 Å². The minimum absolute atomic E-state index is 0.0969. The van der Waals surface area contributed by atoms with Crippen LogP contribution >= 0.6 is 11.8 Å². The Bertz CT molecular complexity index is 212. The van der Waals surface area contributed by atoms with Crippen LogP contribution in [0.2, 0.25) is 0 Å². The summed E-state index contributed by atoms with van der Waals surface area (Å²) in [5, 5.41) is 9.09. The number of amides is 1. The van der Waals surface area contributed by atoms with Crippen LogP contribution < -0.4 is 0 Å². The largest absolute Gasteiger partial charge is 0.395 e. The van der Waals surface area contributed by atoms with Crippen LogP contribution in [0.1, 0.15) is 25.7 Å². The van der Waals surface area contributed by atoms with Crippen LogP contribution in [0.15, 0.2) is 0 Å². The summed E-state index contributed by atoms with van der Waals surface area (Å²) < 4.78 is 0. The number of hydrogen-bond acceptors (Lipinski definition) is 3. The van der Waals surface area contributed by atoms with Gasteiger partial charge in [0.15, 0.2) is 0 Å². The van der Waals surface area contributed by atoms with E-state index in [0.717, 1.165) is 25.0 Å². The third-order valence-corrected chi connectivity index (χ3v) is 4.18. The van der Waals surface area contributed by atoms with E-state index >= 15 is 0 Å². The Hall–Kier alpha value is -0.220. The van der Waals surface area contributed by atoms with Crippen LogP contribution in [0.3, 0.4) is 0 Å². The number of thioether (sulfide) groups is 1. The van der Waals surface area contributed by atoms with Gasteiger partial charge in [-0.15, -0.1) is 11.8 Å². The molecule has 1 N–H and O–H groups in total. The third-order valence-electron chi connectivity index (χ3n) is 2.82. The maximum absolute atomic E-state index is 12.0. The lowest BCUT2D eigenvalue weighted by molar-refractivity contribution is -0.131. The van der Waals surface area contributed by atoms with Crippen molar-refractivity contribution in [2.45, 2.75) is 37.0 Å². The Kier molecular flexibility index (Phi) is 3.34. The monoisotopic (exact) mass is 215 g/mol. The van der Waals surface area contributed by atoms with Gasteiger partial charge in [-0.2, -0.15) is 0 Å². The van der Waals surface area contributed by atoms with E-state index < -0.39 is 0 Å². The molecule has 1 heterocycles. The van der Waals surface area contributed by atoms with Crippen molar-refractivity contribution in [2.24, 2.45) is 0 Å². The summed E-state index contributed by atoms with van der Waals surface area (Å²) in [7, 11) is 0. The van der Waals surface area contributed by atoms with Gasteiger partial charge in [0.05, 0.1) is 11.9 Å². The van der Waals surface area contributed by atoms with Gasteiger partial charge in [-0.1, -0.05) is 0 Å². The van der Waals surface area contributed by atoms with E-state index in [0.29, 0.717) is 12.6 Å². The average molecular weight is 215 g/mol. The van der Waals surface area contributed by atoms with Gasteiger partial charge in [0.25, 0.3) is 0 Å². The molecule has 2 fully saturated rings. The zero-order valence-corrected chi connectivity index (χ0v) is 9.13. The lowest BCUT2D eigenvalue weighted by Gasteiger charge is -2.24. The highest BCUT2D eigenvalue weighted by Crippen LogP contribution is 2.32. The second-order valence-electron chi connectivity index (χ2n) is 3.99. The van der Waals surface area contributed by atoms with Crippen molar-refractivity contribution in [1.82, 2.24) is 4.90 Å². The van der Waals surface area contributed by atoms with Crippen molar-refractivity contribution in [1.29, 1.82) is 0 Å². The number of carbonyl (C=O) groups is 1. The van der Waals surface area contributed by atoms with Crippen molar-refractivity contribution in [3.63, 3.8) is 0 Å². The fraction of sp³-hybridized carbons (Fsp3) is 0.900. The third kappa shape index (κ3) is 2.23. The zero-order valence-electron chi connectivity index (χ0n) is 8.32.